The molecule has 2 aromatic carbocycles. The molecule has 3 aromatic rings. The van der Waals surface area contributed by atoms with Crippen LogP contribution in [0.2, 0.25) is 0 Å². The first kappa shape index (κ1) is 20.5. The van der Waals surface area contributed by atoms with Gasteiger partial charge in [0.1, 0.15) is 17.1 Å². The largest absolute Gasteiger partial charge is 0.573 e. The molecule has 0 aliphatic carbocycles. The number of rotatable bonds is 4. The average molecular weight is 439 g/mol. The van der Waals surface area contributed by atoms with Gasteiger partial charge >= 0.3 is 6.36 Å². The summed E-state index contributed by atoms with van der Waals surface area (Å²) in [5, 5.41) is 0. The molecule has 0 spiro atoms. The standard InChI is InChI=1S/C20H20F3N3O3S/c1-14-24-19-17(25-11-3-2-4-12-25)9-6-10-18(19)26(14)30(27,28)16-8-5-7-15(13-16)29-20(21,22)23/h5-10,13H,2-4,11-12H2,1H3. The lowest BCUT2D eigenvalue weighted by molar-refractivity contribution is -0.274. The zero-order valence-electron chi connectivity index (χ0n) is 16.2. The van der Waals surface area contributed by atoms with Gasteiger partial charge in [-0.15, -0.1) is 13.2 Å². The molecule has 10 heteroatoms. The molecule has 0 amide bonds. The van der Waals surface area contributed by atoms with Crippen LogP contribution in [0.4, 0.5) is 18.9 Å². The molecule has 1 fully saturated rings. The first-order chi connectivity index (χ1) is 14.2. The fourth-order valence-electron chi connectivity index (χ4n) is 3.81. The minimum absolute atomic E-state index is 0.233. The lowest BCUT2D eigenvalue weighted by atomic mass is 10.1. The van der Waals surface area contributed by atoms with E-state index < -0.39 is 22.1 Å². The molecule has 1 aliphatic rings. The van der Waals surface area contributed by atoms with Crippen molar-refractivity contribution in [1.82, 2.24) is 8.96 Å². The molecular formula is C20H20F3N3O3S. The highest BCUT2D eigenvalue weighted by Crippen LogP contribution is 2.32. The first-order valence-electron chi connectivity index (χ1n) is 9.51. The van der Waals surface area contributed by atoms with E-state index in [1.807, 2.05) is 6.07 Å². The van der Waals surface area contributed by atoms with Gasteiger partial charge in [-0.2, -0.15) is 0 Å². The van der Waals surface area contributed by atoms with Gasteiger partial charge in [-0.1, -0.05) is 12.1 Å². The second-order valence-electron chi connectivity index (χ2n) is 7.14. The number of ether oxygens (including phenoxy) is 1. The number of aryl methyl sites for hydroxylation is 1. The predicted octanol–water partition coefficient (Wildman–Crippen LogP) is 4.47. The van der Waals surface area contributed by atoms with E-state index in [1.54, 1.807) is 19.1 Å². The van der Waals surface area contributed by atoms with Gasteiger partial charge in [-0.05, 0) is 50.5 Å². The molecule has 2 heterocycles. The third kappa shape index (κ3) is 3.83. The second kappa shape index (κ2) is 7.50. The molecule has 0 unspecified atom stereocenters. The molecule has 0 bridgehead atoms. The molecule has 4 rings (SSSR count). The van der Waals surface area contributed by atoms with Crippen LogP contribution >= 0.6 is 0 Å². The number of piperidine rings is 1. The summed E-state index contributed by atoms with van der Waals surface area (Å²) in [4.78, 5) is 6.37. The van der Waals surface area contributed by atoms with E-state index in [0.717, 1.165) is 54.1 Å². The molecule has 1 saturated heterocycles. The molecule has 6 nitrogen and oxygen atoms in total. The summed E-state index contributed by atoms with van der Waals surface area (Å²) in [5.41, 5.74) is 1.80. The minimum Gasteiger partial charge on any atom is -0.406 e. The van der Waals surface area contributed by atoms with Crippen LogP contribution in [-0.2, 0) is 10.0 Å². The summed E-state index contributed by atoms with van der Waals surface area (Å²) in [6, 6.07) is 9.69. The van der Waals surface area contributed by atoms with E-state index in [1.165, 1.54) is 12.1 Å². The van der Waals surface area contributed by atoms with E-state index in [9.17, 15) is 21.6 Å². The summed E-state index contributed by atoms with van der Waals surface area (Å²) in [6.45, 7) is 3.30. The van der Waals surface area contributed by atoms with Crippen molar-refractivity contribution in [2.24, 2.45) is 0 Å². The number of para-hydroxylation sites is 1. The number of alkyl halides is 3. The fraction of sp³-hybridized carbons (Fsp3) is 0.350. The summed E-state index contributed by atoms with van der Waals surface area (Å²) in [5.74, 6) is -0.365. The molecule has 0 atom stereocenters. The lowest BCUT2D eigenvalue weighted by Gasteiger charge is -2.28. The number of nitrogens with zero attached hydrogens (tertiary/aromatic N) is 3. The maximum absolute atomic E-state index is 13.3. The molecule has 0 radical (unpaired) electrons. The van der Waals surface area contributed by atoms with E-state index in [-0.39, 0.29) is 10.7 Å². The topological polar surface area (TPSA) is 64.4 Å². The average Bonchev–Trinajstić information content (AvgIpc) is 3.04. The number of hydrogen-bond acceptors (Lipinski definition) is 5. The number of anilines is 1. The fourth-order valence-corrected chi connectivity index (χ4v) is 5.33. The van der Waals surface area contributed by atoms with Gasteiger partial charge in [0.15, 0.2) is 0 Å². The molecular weight excluding hydrogens is 419 g/mol. The molecule has 30 heavy (non-hydrogen) atoms. The smallest absolute Gasteiger partial charge is 0.406 e. The van der Waals surface area contributed by atoms with Gasteiger partial charge in [0.2, 0.25) is 0 Å². The monoisotopic (exact) mass is 439 g/mol. The quantitative estimate of drug-likeness (QED) is 0.600. The number of fused-ring (bicyclic) bond motifs is 1. The Morgan fingerprint density at radius 2 is 1.73 bits per heavy atom. The van der Waals surface area contributed by atoms with Gasteiger partial charge in [0.05, 0.1) is 16.1 Å². The van der Waals surface area contributed by atoms with Gasteiger partial charge in [-0.3, -0.25) is 0 Å². The van der Waals surface area contributed by atoms with Crippen molar-refractivity contribution in [1.29, 1.82) is 0 Å². The Bertz CT molecular complexity index is 1180. The molecule has 0 N–H and O–H groups in total. The molecule has 1 aromatic heterocycles. The molecule has 0 saturated carbocycles. The summed E-state index contributed by atoms with van der Waals surface area (Å²) >= 11 is 0. The van der Waals surface area contributed by atoms with Crippen LogP contribution < -0.4 is 9.64 Å². The van der Waals surface area contributed by atoms with Gasteiger partial charge in [0.25, 0.3) is 10.0 Å². The Kier molecular flexibility index (Phi) is 5.13. The van der Waals surface area contributed by atoms with E-state index in [4.69, 9.17) is 0 Å². The van der Waals surface area contributed by atoms with Gasteiger partial charge in [-0.25, -0.2) is 17.4 Å². The maximum Gasteiger partial charge on any atom is 0.573 e. The molecule has 1 aliphatic heterocycles. The second-order valence-corrected chi connectivity index (χ2v) is 8.93. The highest BCUT2D eigenvalue weighted by molar-refractivity contribution is 7.90. The zero-order valence-corrected chi connectivity index (χ0v) is 17.0. The Morgan fingerprint density at radius 3 is 2.43 bits per heavy atom. The van der Waals surface area contributed by atoms with Crippen molar-refractivity contribution in [2.45, 2.75) is 37.4 Å². The van der Waals surface area contributed by atoms with Crippen LogP contribution in [0, 0.1) is 6.92 Å². The number of halogens is 3. The molecule has 160 valence electrons. The number of aromatic nitrogens is 2. The van der Waals surface area contributed by atoms with E-state index in [0.29, 0.717) is 11.0 Å². The number of benzene rings is 2. The zero-order chi connectivity index (χ0) is 21.5. The Labute approximate surface area is 171 Å². The summed E-state index contributed by atoms with van der Waals surface area (Å²) in [7, 11) is -4.19. The number of imidazole rings is 1. The summed E-state index contributed by atoms with van der Waals surface area (Å²) in [6.07, 6.45) is -1.64. The number of hydrogen-bond donors (Lipinski definition) is 0. The van der Waals surface area contributed by atoms with Gasteiger partial charge in [0, 0.05) is 19.2 Å². The van der Waals surface area contributed by atoms with Crippen molar-refractivity contribution in [3.8, 4) is 5.75 Å². The van der Waals surface area contributed by atoms with Crippen LogP contribution in [0.3, 0.4) is 0 Å². The first-order valence-corrected chi connectivity index (χ1v) is 11.0. The Hall–Kier alpha value is -2.75. The van der Waals surface area contributed by atoms with Crippen LogP contribution in [0.5, 0.6) is 5.75 Å². The van der Waals surface area contributed by atoms with Crippen LogP contribution in [-0.4, -0.2) is 36.8 Å². The van der Waals surface area contributed by atoms with Crippen LogP contribution in [0.25, 0.3) is 11.0 Å². The normalized spacial score (nSPS) is 15.5. The maximum atomic E-state index is 13.3. The minimum atomic E-state index is -4.91. The highest BCUT2D eigenvalue weighted by atomic mass is 32.2. The third-order valence-corrected chi connectivity index (χ3v) is 6.85. The van der Waals surface area contributed by atoms with Crippen LogP contribution in [0.1, 0.15) is 25.1 Å². The van der Waals surface area contributed by atoms with Crippen molar-refractivity contribution in [2.75, 3.05) is 18.0 Å². The van der Waals surface area contributed by atoms with Crippen molar-refractivity contribution < 1.29 is 26.3 Å². The van der Waals surface area contributed by atoms with Crippen LogP contribution in [0.15, 0.2) is 47.4 Å². The SMILES string of the molecule is Cc1nc2c(N3CCCCC3)cccc2n1S(=O)(=O)c1cccc(OC(F)(F)F)c1. The third-order valence-electron chi connectivity index (χ3n) is 5.05. The van der Waals surface area contributed by atoms with E-state index >= 15 is 0 Å². The Balaban J connectivity index is 1.81. The predicted molar refractivity (Wildman–Crippen MR) is 106 cm³/mol. The van der Waals surface area contributed by atoms with Crippen molar-refractivity contribution in [3.05, 3.63) is 48.3 Å². The lowest BCUT2D eigenvalue weighted by Crippen LogP contribution is -2.29. The summed E-state index contributed by atoms with van der Waals surface area (Å²) < 4.78 is 69.2. The van der Waals surface area contributed by atoms with Crippen molar-refractivity contribution >= 4 is 26.7 Å². The van der Waals surface area contributed by atoms with E-state index in [2.05, 4.69) is 14.6 Å². The highest BCUT2D eigenvalue weighted by Gasteiger charge is 2.32. The van der Waals surface area contributed by atoms with Crippen molar-refractivity contribution in [3.63, 3.8) is 0 Å². The van der Waals surface area contributed by atoms with Gasteiger partial charge < -0.3 is 9.64 Å². The Morgan fingerprint density at radius 1 is 1.03 bits per heavy atom.